The molecule has 0 saturated carbocycles. The van der Waals surface area contributed by atoms with E-state index in [-0.39, 0.29) is 30.9 Å². The van der Waals surface area contributed by atoms with Crippen molar-refractivity contribution in [1.29, 1.82) is 0 Å². The van der Waals surface area contributed by atoms with Gasteiger partial charge in [-0.1, -0.05) is 44.2 Å². The lowest BCUT2D eigenvalue weighted by atomic mass is 10.0. The fraction of sp³-hybridized carbons (Fsp3) is 0.463. The van der Waals surface area contributed by atoms with E-state index in [0.29, 0.717) is 22.0 Å². The van der Waals surface area contributed by atoms with Crippen LogP contribution in [-0.4, -0.2) is 139 Å². The van der Waals surface area contributed by atoms with Crippen molar-refractivity contribution in [2.24, 2.45) is 17.4 Å². The minimum absolute atomic E-state index is 0.0345. The average molecular weight is 884 g/mol. The number of hydrogen-bond acceptors (Lipinski definition) is 13. The standard InChI is InChI=1S/C41H57N9O13/c1-20(2)14-26(42)35(56)48-31(18-51)39(60)46-30(16-23-17-44-27-7-5-4-6-25(23)27)38(59)45-28(12-13-33(43)55)36(57)50-34(21(3)53)40(61)47-29(15-22-8-10-24(54)11-9-22)37(58)49-32(19-52)41(62)63/h4-11,17,20-21,26,28-32,34,44,51-54H,12-16,18-19,42H2,1-3H3,(H2,43,55)(H,45,59)(H,46,60)(H,47,61)(H,48,56)(H,49,58)(H,50,57)(H,62,63)/t21-,26+,28+,29+,30+,31+,32+,34+/m1/s1. The van der Waals surface area contributed by atoms with E-state index in [0.717, 1.165) is 6.92 Å². The number of aromatic nitrogens is 1. The molecule has 3 aromatic rings. The Morgan fingerprint density at radius 1 is 0.667 bits per heavy atom. The van der Waals surface area contributed by atoms with Crippen molar-refractivity contribution in [3.8, 4) is 5.75 Å². The number of para-hydroxylation sites is 1. The monoisotopic (exact) mass is 883 g/mol. The van der Waals surface area contributed by atoms with E-state index in [9.17, 15) is 63.9 Å². The Morgan fingerprint density at radius 3 is 1.76 bits per heavy atom. The second-order valence-corrected chi connectivity index (χ2v) is 15.4. The first-order chi connectivity index (χ1) is 29.7. The summed E-state index contributed by atoms with van der Waals surface area (Å²) in [5.74, 6) is -8.56. The van der Waals surface area contributed by atoms with E-state index in [2.05, 4.69) is 36.9 Å². The number of carbonyl (C=O) groups is 8. The van der Waals surface area contributed by atoms with E-state index in [1.807, 2.05) is 13.8 Å². The van der Waals surface area contributed by atoms with Crippen LogP contribution in [0, 0.1) is 5.92 Å². The topological polar surface area (TPSA) is 378 Å². The van der Waals surface area contributed by atoms with Crippen molar-refractivity contribution in [3.63, 3.8) is 0 Å². The van der Waals surface area contributed by atoms with Gasteiger partial charge < -0.3 is 73.9 Å². The van der Waals surface area contributed by atoms with Crippen molar-refractivity contribution in [2.45, 2.75) is 101 Å². The Hall–Kier alpha value is -6.62. The van der Waals surface area contributed by atoms with Crippen LogP contribution >= 0.6 is 0 Å². The van der Waals surface area contributed by atoms with Gasteiger partial charge in [0.1, 0.15) is 42.0 Å². The van der Waals surface area contributed by atoms with Gasteiger partial charge in [-0.25, -0.2) is 4.79 Å². The molecular weight excluding hydrogens is 827 g/mol. The molecule has 0 fully saturated rings. The second-order valence-electron chi connectivity index (χ2n) is 15.4. The van der Waals surface area contributed by atoms with Crippen LogP contribution < -0.4 is 43.4 Å². The van der Waals surface area contributed by atoms with E-state index in [1.165, 1.54) is 24.3 Å². The number of rotatable bonds is 25. The Morgan fingerprint density at radius 2 is 1.19 bits per heavy atom. The highest BCUT2D eigenvalue weighted by atomic mass is 16.4. The van der Waals surface area contributed by atoms with Gasteiger partial charge in [0.2, 0.25) is 41.4 Å². The molecule has 0 aliphatic rings. The fourth-order valence-corrected chi connectivity index (χ4v) is 6.37. The molecule has 63 heavy (non-hydrogen) atoms. The van der Waals surface area contributed by atoms with Crippen LogP contribution in [0.15, 0.2) is 54.7 Å². The van der Waals surface area contributed by atoms with E-state index in [4.69, 9.17) is 11.5 Å². The molecule has 0 bridgehead atoms. The predicted molar refractivity (Wildman–Crippen MR) is 225 cm³/mol. The van der Waals surface area contributed by atoms with Gasteiger partial charge in [-0.05, 0) is 55.0 Å². The number of aliphatic carboxylic acids is 1. The van der Waals surface area contributed by atoms with Crippen molar-refractivity contribution >= 4 is 58.2 Å². The summed E-state index contributed by atoms with van der Waals surface area (Å²) in [5, 5.41) is 64.1. The molecule has 0 radical (unpaired) electrons. The van der Waals surface area contributed by atoms with Crippen LogP contribution in [0.25, 0.3) is 10.9 Å². The van der Waals surface area contributed by atoms with Crippen LogP contribution in [0.2, 0.25) is 0 Å². The third-order valence-corrected chi connectivity index (χ3v) is 9.79. The summed E-state index contributed by atoms with van der Waals surface area (Å²) >= 11 is 0. The minimum atomic E-state index is -1.84. The molecule has 7 amide bonds. The van der Waals surface area contributed by atoms with Gasteiger partial charge >= 0.3 is 5.97 Å². The highest BCUT2D eigenvalue weighted by molar-refractivity contribution is 5.98. The first-order valence-corrected chi connectivity index (χ1v) is 20.1. The maximum absolute atomic E-state index is 14.1. The van der Waals surface area contributed by atoms with E-state index in [1.54, 1.807) is 30.5 Å². The molecule has 16 N–H and O–H groups in total. The second kappa shape index (κ2) is 24.1. The van der Waals surface area contributed by atoms with Gasteiger partial charge in [0.25, 0.3) is 0 Å². The number of benzene rings is 2. The Labute approximate surface area is 361 Å². The average Bonchev–Trinajstić information content (AvgIpc) is 3.64. The molecule has 0 spiro atoms. The molecule has 0 aliphatic carbocycles. The van der Waals surface area contributed by atoms with Crippen molar-refractivity contribution in [2.75, 3.05) is 13.2 Å². The fourth-order valence-electron chi connectivity index (χ4n) is 6.37. The molecular formula is C41H57N9O13. The highest BCUT2D eigenvalue weighted by Gasteiger charge is 2.35. The highest BCUT2D eigenvalue weighted by Crippen LogP contribution is 2.20. The molecule has 0 saturated heterocycles. The van der Waals surface area contributed by atoms with Gasteiger partial charge in [0, 0.05) is 36.4 Å². The zero-order valence-corrected chi connectivity index (χ0v) is 35.0. The van der Waals surface area contributed by atoms with Crippen molar-refractivity contribution in [1.82, 2.24) is 36.9 Å². The third kappa shape index (κ3) is 15.7. The van der Waals surface area contributed by atoms with Gasteiger partial charge in [0.05, 0.1) is 25.4 Å². The number of phenolic OH excluding ortho intramolecular Hbond substituents is 1. The Balaban J connectivity index is 1.91. The van der Waals surface area contributed by atoms with Crippen molar-refractivity contribution < 1.29 is 63.9 Å². The predicted octanol–water partition coefficient (Wildman–Crippen LogP) is -3.34. The number of amides is 7. The van der Waals surface area contributed by atoms with Gasteiger partial charge in [-0.2, -0.15) is 0 Å². The molecule has 22 heteroatoms. The largest absolute Gasteiger partial charge is 0.508 e. The number of carbonyl (C=O) groups excluding carboxylic acids is 7. The van der Waals surface area contributed by atoms with Crippen LogP contribution in [0.1, 0.15) is 51.2 Å². The summed E-state index contributed by atoms with van der Waals surface area (Å²) < 4.78 is 0. The van der Waals surface area contributed by atoms with Crippen LogP contribution in [0.5, 0.6) is 5.75 Å². The summed E-state index contributed by atoms with van der Waals surface area (Å²) in [7, 11) is 0. The van der Waals surface area contributed by atoms with Crippen LogP contribution in [0.3, 0.4) is 0 Å². The molecule has 344 valence electrons. The van der Waals surface area contributed by atoms with Crippen LogP contribution in [-0.2, 0) is 51.2 Å². The molecule has 0 unspecified atom stereocenters. The van der Waals surface area contributed by atoms with Gasteiger partial charge in [0.15, 0.2) is 0 Å². The molecule has 0 aliphatic heterocycles. The SMILES string of the molecule is CC(C)C[C@H](N)C(=O)N[C@@H](CO)C(=O)N[C@@H](Cc1c[nH]c2ccccc12)C(=O)N[C@@H](CCC(N)=O)C(=O)N[C@H](C(=O)N[C@@H](Cc1ccc(O)cc1)C(=O)N[C@@H](CO)C(=O)O)[C@@H](C)O. The van der Waals surface area contributed by atoms with Gasteiger partial charge in [-0.15, -0.1) is 0 Å². The zero-order chi connectivity index (χ0) is 47.0. The molecule has 3 rings (SSSR count). The smallest absolute Gasteiger partial charge is 0.328 e. The molecule has 22 nitrogen and oxygen atoms in total. The number of aromatic hydroxyl groups is 1. The van der Waals surface area contributed by atoms with Gasteiger partial charge in [-0.3, -0.25) is 33.6 Å². The lowest BCUT2D eigenvalue weighted by Gasteiger charge is -2.28. The number of fused-ring (bicyclic) bond motifs is 1. The summed E-state index contributed by atoms with van der Waals surface area (Å²) in [5.41, 5.74) is 13.0. The number of nitrogens with two attached hydrogens (primary N) is 2. The molecule has 1 heterocycles. The molecule has 2 aromatic carbocycles. The number of carboxylic acid groups (broad SMARTS) is 1. The van der Waals surface area contributed by atoms with E-state index < -0.39 is 122 Å². The number of primary amides is 1. The Kier molecular flexibility index (Phi) is 19.4. The number of nitrogens with one attached hydrogen (secondary N) is 7. The van der Waals surface area contributed by atoms with Crippen molar-refractivity contribution in [3.05, 3.63) is 65.9 Å². The summed E-state index contributed by atoms with van der Waals surface area (Å²) in [6.07, 6.45) is -1.20. The number of hydrogen-bond donors (Lipinski definition) is 14. The number of aliphatic hydroxyl groups excluding tert-OH is 3. The third-order valence-electron chi connectivity index (χ3n) is 9.79. The normalized spacial score (nSPS) is 15.0. The zero-order valence-electron chi connectivity index (χ0n) is 35.0. The quantitative estimate of drug-likeness (QED) is 0.0396. The number of carboxylic acids is 1. The maximum Gasteiger partial charge on any atom is 0.328 e. The first-order valence-electron chi connectivity index (χ1n) is 20.1. The molecule has 1 aromatic heterocycles. The van der Waals surface area contributed by atoms with Crippen LogP contribution in [0.4, 0.5) is 0 Å². The summed E-state index contributed by atoms with van der Waals surface area (Å²) in [6, 6.07) is 1.59. The lowest BCUT2D eigenvalue weighted by molar-refractivity contribution is -0.143. The number of aliphatic hydroxyl groups is 3. The maximum atomic E-state index is 14.1. The Bertz CT molecular complexity index is 2080. The molecule has 8 atom stereocenters. The summed E-state index contributed by atoms with van der Waals surface area (Å²) in [6.45, 7) is 2.93. The number of aromatic amines is 1. The number of H-pyrrole nitrogens is 1. The minimum Gasteiger partial charge on any atom is -0.508 e. The first kappa shape index (κ1) is 50.7. The van der Waals surface area contributed by atoms with E-state index >= 15 is 0 Å². The lowest BCUT2D eigenvalue weighted by Crippen LogP contribution is -2.62. The summed E-state index contributed by atoms with van der Waals surface area (Å²) in [4.78, 5) is 108. The number of phenols is 1.